The summed E-state index contributed by atoms with van der Waals surface area (Å²) in [6.45, 7) is 11.7. The first-order valence-corrected chi connectivity index (χ1v) is 6.47. The van der Waals surface area contributed by atoms with Crippen LogP contribution in [0.2, 0.25) is 0 Å². The van der Waals surface area contributed by atoms with Crippen molar-refractivity contribution in [1.29, 1.82) is 0 Å². The maximum atomic E-state index is 11.9. The number of carbonyl (C=O) groups excluding carboxylic acids is 1. The van der Waals surface area contributed by atoms with E-state index in [0.29, 0.717) is 6.42 Å². The molecule has 0 atom stereocenters. The van der Waals surface area contributed by atoms with Crippen molar-refractivity contribution in [2.24, 2.45) is 0 Å². The van der Waals surface area contributed by atoms with Gasteiger partial charge in [0.05, 0.1) is 7.11 Å². The van der Waals surface area contributed by atoms with Crippen molar-refractivity contribution >= 4 is 16.9 Å². The summed E-state index contributed by atoms with van der Waals surface area (Å²) in [7, 11) is 1.64. The molecule has 0 amide bonds. The Labute approximate surface area is 115 Å². The van der Waals surface area contributed by atoms with E-state index in [2.05, 4.69) is 6.58 Å². The standard InChI is InChI=1S/C17H22O2/c1-7-17(18)13(5)12(4)16-10-14(19-6)8-9-15(16)11(2)3/h8-10H,2,7H2,1,3-6H3. The molecule has 0 radical (unpaired) electrons. The lowest BCUT2D eigenvalue weighted by molar-refractivity contribution is -0.115. The predicted molar refractivity (Wildman–Crippen MR) is 81.3 cm³/mol. The molecular weight excluding hydrogens is 236 g/mol. The minimum atomic E-state index is 0.174. The predicted octanol–water partition coefficient (Wildman–Crippen LogP) is 4.50. The normalized spacial score (nSPS) is 11.8. The van der Waals surface area contributed by atoms with Crippen LogP contribution in [0.25, 0.3) is 11.1 Å². The smallest absolute Gasteiger partial charge is 0.158 e. The molecule has 0 bridgehead atoms. The largest absolute Gasteiger partial charge is 0.497 e. The molecule has 2 heteroatoms. The quantitative estimate of drug-likeness (QED) is 0.727. The van der Waals surface area contributed by atoms with Gasteiger partial charge in [-0.2, -0.15) is 0 Å². The molecule has 0 spiro atoms. The molecule has 0 saturated carbocycles. The molecule has 1 rings (SSSR count). The molecule has 2 nitrogen and oxygen atoms in total. The van der Waals surface area contributed by atoms with E-state index >= 15 is 0 Å². The van der Waals surface area contributed by atoms with Crippen molar-refractivity contribution in [1.82, 2.24) is 0 Å². The molecule has 0 aromatic heterocycles. The van der Waals surface area contributed by atoms with Crippen LogP contribution < -0.4 is 4.74 Å². The number of hydrogen-bond donors (Lipinski definition) is 0. The van der Waals surface area contributed by atoms with Crippen molar-refractivity contribution in [3.05, 3.63) is 41.5 Å². The summed E-state index contributed by atoms with van der Waals surface area (Å²) < 4.78 is 5.27. The first-order chi connectivity index (χ1) is 8.92. The van der Waals surface area contributed by atoms with Crippen LogP contribution in [0.5, 0.6) is 5.75 Å². The average Bonchev–Trinajstić information content (AvgIpc) is 2.43. The molecule has 102 valence electrons. The number of hydrogen-bond acceptors (Lipinski definition) is 2. The fraction of sp³-hybridized carbons (Fsp3) is 0.353. The molecule has 0 aliphatic carbocycles. The van der Waals surface area contributed by atoms with Crippen LogP contribution in [-0.2, 0) is 4.79 Å². The zero-order chi connectivity index (χ0) is 14.6. The maximum absolute atomic E-state index is 11.9. The lowest BCUT2D eigenvalue weighted by Gasteiger charge is -2.14. The van der Waals surface area contributed by atoms with E-state index in [1.165, 1.54) is 0 Å². The minimum absolute atomic E-state index is 0.174. The summed E-state index contributed by atoms with van der Waals surface area (Å²) in [5, 5.41) is 0. The Morgan fingerprint density at radius 1 is 1.21 bits per heavy atom. The number of methoxy groups -OCH3 is 1. The second-order valence-corrected chi connectivity index (χ2v) is 4.72. The van der Waals surface area contributed by atoms with Crippen LogP contribution in [0.4, 0.5) is 0 Å². The highest BCUT2D eigenvalue weighted by molar-refractivity contribution is 6.02. The topological polar surface area (TPSA) is 26.3 Å². The van der Waals surface area contributed by atoms with Gasteiger partial charge in [0.2, 0.25) is 0 Å². The molecule has 19 heavy (non-hydrogen) atoms. The molecule has 0 heterocycles. The Morgan fingerprint density at radius 2 is 1.84 bits per heavy atom. The summed E-state index contributed by atoms with van der Waals surface area (Å²) in [4.78, 5) is 11.9. The highest BCUT2D eigenvalue weighted by atomic mass is 16.5. The summed E-state index contributed by atoms with van der Waals surface area (Å²) in [6.07, 6.45) is 0.523. The van der Waals surface area contributed by atoms with Crippen molar-refractivity contribution in [3.63, 3.8) is 0 Å². The molecule has 0 aliphatic heterocycles. The molecular formula is C17H22O2. The van der Waals surface area contributed by atoms with Crippen molar-refractivity contribution in [2.75, 3.05) is 7.11 Å². The lowest BCUT2D eigenvalue weighted by Crippen LogP contribution is -2.01. The van der Waals surface area contributed by atoms with Crippen LogP contribution in [0.1, 0.15) is 45.2 Å². The summed E-state index contributed by atoms with van der Waals surface area (Å²) >= 11 is 0. The molecule has 0 aliphatic rings. The second kappa shape index (κ2) is 6.37. The van der Waals surface area contributed by atoms with Crippen LogP contribution in [0, 0.1) is 0 Å². The van der Waals surface area contributed by atoms with Gasteiger partial charge in [-0.05, 0) is 55.2 Å². The maximum Gasteiger partial charge on any atom is 0.158 e. The Hall–Kier alpha value is -1.83. The fourth-order valence-electron chi connectivity index (χ4n) is 2.01. The summed E-state index contributed by atoms with van der Waals surface area (Å²) in [5.74, 6) is 0.962. The summed E-state index contributed by atoms with van der Waals surface area (Å²) in [5.41, 5.74) is 4.85. The zero-order valence-electron chi connectivity index (χ0n) is 12.5. The first kappa shape index (κ1) is 15.2. The highest BCUT2D eigenvalue weighted by Gasteiger charge is 2.12. The number of carbonyl (C=O) groups is 1. The second-order valence-electron chi connectivity index (χ2n) is 4.72. The minimum Gasteiger partial charge on any atom is -0.497 e. The lowest BCUT2D eigenvalue weighted by atomic mass is 9.92. The number of Topliss-reactive ketones (excluding diaryl/α,β-unsaturated/α-hetero) is 1. The number of allylic oxidation sites excluding steroid dienone is 3. The Kier molecular flexibility index (Phi) is 5.11. The van der Waals surface area contributed by atoms with E-state index in [0.717, 1.165) is 33.6 Å². The third kappa shape index (κ3) is 3.34. The Balaban J connectivity index is 3.46. The van der Waals surface area contributed by atoms with Crippen molar-refractivity contribution in [2.45, 2.75) is 34.1 Å². The van der Waals surface area contributed by atoms with E-state index in [-0.39, 0.29) is 5.78 Å². The number of ether oxygens (including phenoxy) is 1. The van der Waals surface area contributed by atoms with E-state index in [4.69, 9.17) is 4.74 Å². The highest BCUT2D eigenvalue weighted by Crippen LogP contribution is 2.30. The first-order valence-electron chi connectivity index (χ1n) is 6.47. The van der Waals surface area contributed by atoms with Gasteiger partial charge < -0.3 is 4.74 Å². The number of rotatable bonds is 5. The van der Waals surface area contributed by atoms with Crippen LogP contribution in [-0.4, -0.2) is 12.9 Å². The average molecular weight is 258 g/mol. The van der Waals surface area contributed by atoms with Gasteiger partial charge in [0.25, 0.3) is 0 Å². The molecule has 0 unspecified atom stereocenters. The third-order valence-electron chi connectivity index (χ3n) is 3.39. The van der Waals surface area contributed by atoms with Crippen LogP contribution in [0.3, 0.4) is 0 Å². The third-order valence-corrected chi connectivity index (χ3v) is 3.39. The van der Waals surface area contributed by atoms with Gasteiger partial charge in [0, 0.05) is 6.42 Å². The van der Waals surface area contributed by atoms with E-state index in [1.807, 2.05) is 45.9 Å². The van der Waals surface area contributed by atoms with Gasteiger partial charge in [0.15, 0.2) is 5.78 Å². The SMILES string of the molecule is C=C(C)c1ccc(OC)cc1C(C)=C(C)C(=O)CC. The molecule has 1 aromatic rings. The van der Waals surface area contributed by atoms with Crippen LogP contribution >= 0.6 is 0 Å². The van der Waals surface area contributed by atoms with Crippen molar-refractivity contribution < 1.29 is 9.53 Å². The Morgan fingerprint density at radius 3 is 2.32 bits per heavy atom. The zero-order valence-corrected chi connectivity index (χ0v) is 12.5. The monoisotopic (exact) mass is 258 g/mol. The Bertz CT molecular complexity index is 536. The summed E-state index contributed by atoms with van der Waals surface area (Å²) in [6, 6.07) is 5.87. The molecule has 1 aromatic carbocycles. The van der Waals surface area contributed by atoms with Gasteiger partial charge in [-0.25, -0.2) is 0 Å². The van der Waals surface area contributed by atoms with Gasteiger partial charge in [-0.15, -0.1) is 0 Å². The van der Waals surface area contributed by atoms with Gasteiger partial charge >= 0.3 is 0 Å². The van der Waals surface area contributed by atoms with Crippen LogP contribution in [0.15, 0.2) is 30.4 Å². The van der Waals surface area contributed by atoms with E-state index < -0.39 is 0 Å². The fourth-order valence-corrected chi connectivity index (χ4v) is 2.01. The molecule has 0 N–H and O–H groups in total. The van der Waals surface area contributed by atoms with Gasteiger partial charge in [-0.1, -0.05) is 25.1 Å². The van der Waals surface area contributed by atoms with E-state index in [1.54, 1.807) is 7.11 Å². The van der Waals surface area contributed by atoms with Crippen molar-refractivity contribution in [3.8, 4) is 5.75 Å². The van der Waals surface area contributed by atoms with Gasteiger partial charge in [0.1, 0.15) is 5.75 Å². The molecule has 0 fully saturated rings. The van der Waals surface area contributed by atoms with E-state index in [9.17, 15) is 4.79 Å². The molecule has 0 saturated heterocycles. The number of benzene rings is 1. The number of ketones is 1. The van der Waals surface area contributed by atoms with Gasteiger partial charge in [-0.3, -0.25) is 4.79 Å².